The molecule has 0 amide bonds. The molecule has 3 aliphatic carbocycles. The van der Waals surface area contributed by atoms with Crippen molar-refractivity contribution in [3.8, 4) is 0 Å². The van der Waals surface area contributed by atoms with E-state index in [1.54, 1.807) is 6.92 Å². The van der Waals surface area contributed by atoms with Crippen molar-refractivity contribution in [2.24, 2.45) is 29.1 Å². The summed E-state index contributed by atoms with van der Waals surface area (Å²) in [4.78, 5) is 12.3. The van der Waals surface area contributed by atoms with Gasteiger partial charge in [0.25, 0.3) is 16.6 Å². The highest BCUT2D eigenvalue weighted by atomic mass is 28.4. The SMILES string of the molecule is C=C1C(=CC=C2CCC[C@]3(C)[C@@H]([C@H](C)C=CC(CO)C(C)(C)OC(=O)OCC)CC[C@@H]23)C[C@@H](O[Si](c2ccccc2)(c2ccccc2)C(C)(C)C)C[C@@H]1O[Si](c1ccccc1)(c1ccccc1)C(C)(C)C. The Kier molecular flexibility index (Phi) is 17.0. The zero-order valence-electron chi connectivity index (χ0n) is 44.9. The number of aliphatic hydroxyl groups excluding tert-OH is 1. The molecule has 71 heavy (non-hydrogen) atoms. The number of fused-ring (bicyclic) bond motifs is 1. The van der Waals surface area contributed by atoms with Crippen LogP contribution in [0.2, 0.25) is 10.1 Å². The average Bonchev–Trinajstić information content (AvgIpc) is 3.70. The second-order valence-corrected chi connectivity index (χ2v) is 32.1. The van der Waals surface area contributed by atoms with E-state index in [9.17, 15) is 9.90 Å². The lowest BCUT2D eigenvalue weighted by atomic mass is 9.61. The molecule has 1 N–H and O–H groups in total. The third kappa shape index (κ3) is 11.2. The van der Waals surface area contributed by atoms with Gasteiger partial charge in [-0.1, -0.05) is 213 Å². The Hall–Kier alpha value is -4.58. The van der Waals surface area contributed by atoms with Crippen LogP contribution in [-0.2, 0) is 18.3 Å². The van der Waals surface area contributed by atoms with Crippen molar-refractivity contribution in [3.05, 3.63) is 169 Å². The van der Waals surface area contributed by atoms with Crippen LogP contribution >= 0.6 is 0 Å². The molecule has 7 rings (SSSR count). The van der Waals surface area contributed by atoms with E-state index >= 15 is 0 Å². The van der Waals surface area contributed by atoms with E-state index < -0.39 is 28.4 Å². The van der Waals surface area contributed by atoms with E-state index in [0.717, 1.165) is 37.7 Å². The van der Waals surface area contributed by atoms with Crippen molar-refractivity contribution in [1.82, 2.24) is 0 Å². The zero-order valence-corrected chi connectivity index (χ0v) is 46.9. The van der Waals surface area contributed by atoms with Gasteiger partial charge in [-0.2, -0.15) is 0 Å². The van der Waals surface area contributed by atoms with Crippen LogP contribution in [0.15, 0.2) is 169 Å². The van der Waals surface area contributed by atoms with E-state index in [-0.39, 0.29) is 52.7 Å². The lowest BCUT2D eigenvalue weighted by Gasteiger charge is -2.49. The maximum Gasteiger partial charge on any atom is 0.508 e. The fourth-order valence-corrected chi connectivity index (χ4v) is 22.4. The molecular formula is C63H84O6Si2. The van der Waals surface area contributed by atoms with Gasteiger partial charge in [0.1, 0.15) is 5.60 Å². The minimum absolute atomic E-state index is 0.124. The number of hydrogen-bond acceptors (Lipinski definition) is 6. The van der Waals surface area contributed by atoms with Crippen molar-refractivity contribution in [2.75, 3.05) is 13.2 Å². The third-order valence-corrected chi connectivity index (χ3v) is 26.9. The fourth-order valence-electron chi connectivity index (χ4n) is 13.0. The topological polar surface area (TPSA) is 74.2 Å². The molecule has 380 valence electrons. The van der Waals surface area contributed by atoms with E-state index in [2.05, 4.69) is 201 Å². The van der Waals surface area contributed by atoms with Gasteiger partial charge in [-0.25, -0.2) is 4.79 Å². The van der Waals surface area contributed by atoms with Gasteiger partial charge < -0.3 is 23.4 Å². The molecule has 6 nitrogen and oxygen atoms in total. The number of benzene rings is 4. The van der Waals surface area contributed by atoms with Crippen LogP contribution in [-0.4, -0.2) is 58.9 Å². The van der Waals surface area contributed by atoms with Gasteiger partial charge in [0.05, 0.1) is 25.4 Å². The van der Waals surface area contributed by atoms with E-state index in [4.69, 9.17) is 24.9 Å². The summed E-state index contributed by atoms with van der Waals surface area (Å²) in [5.41, 5.74) is 3.03. The molecule has 1 unspecified atom stereocenters. The van der Waals surface area contributed by atoms with E-state index in [1.165, 1.54) is 38.3 Å². The van der Waals surface area contributed by atoms with Crippen molar-refractivity contribution in [2.45, 2.75) is 149 Å². The Balaban J connectivity index is 1.28. The monoisotopic (exact) mass is 993 g/mol. The second kappa shape index (κ2) is 22.3. The van der Waals surface area contributed by atoms with Crippen molar-refractivity contribution < 1.29 is 28.2 Å². The third-order valence-electron chi connectivity index (χ3n) is 16.7. The average molecular weight is 994 g/mol. The highest BCUT2D eigenvalue weighted by Crippen LogP contribution is 2.60. The van der Waals surface area contributed by atoms with Gasteiger partial charge in [-0.15, -0.1) is 0 Å². The number of aliphatic hydroxyl groups is 1. The van der Waals surface area contributed by atoms with Crippen LogP contribution in [0, 0.1) is 29.1 Å². The first-order valence-electron chi connectivity index (χ1n) is 26.5. The molecule has 0 bridgehead atoms. The zero-order chi connectivity index (χ0) is 51.2. The lowest BCUT2D eigenvalue weighted by Crippen LogP contribution is -2.69. The molecule has 0 aliphatic heterocycles. The van der Waals surface area contributed by atoms with Crippen LogP contribution in [0.5, 0.6) is 0 Å². The quantitative estimate of drug-likeness (QED) is 0.0685. The number of allylic oxidation sites excluding steroid dienone is 4. The van der Waals surface area contributed by atoms with Crippen LogP contribution in [0.1, 0.15) is 121 Å². The molecule has 4 aromatic carbocycles. The Morgan fingerprint density at radius 2 is 1.24 bits per heavy atom. The molecule has 3 aliphatic rings. The highest BCUT2D eigenvalue weighted by molar-refractivity contribution is 7.00. The summed E-state index contributed by atoms with van der Waals surface area (Å²) in [5, 5.41) is 15.1. The van der Waals surface area contributed by atoms with E-state index in [1.807, 2.05) is 13.8 Å². The maximum atomic E-state index is 12.3. The van der Waals surface area contributed by atoms with Crippen LogP contribution in [0.25, 0.3) is 0 Å². The minimum atomic E-state index is -2.99. The molecule has 0 saturated heterocycles. The summed E-state index contributed by atoms with van der Waals surface area (Å²) in [6.07, 6.45) is 15.3. The van der Waals surface area contributed by atoms with E-state index in [0.29, 0.717) is 18.3 Å². The van der Waals surface area contributed by atoms with Gasteiger partial charge in [-0.05, 0) is 124 Å². The minimum Gasteiger partial charge on any atom is -0.435 e. The Morgan fingerprint density at radius 1 is 0.746 bits per heavy atom. The summed E-state index contributed by atoms with van der Waals surface area (Å²) in [6.45, 7) is 29.6. The van der Waals surface area contributed by atoms with Crippen molar-refractivity contribution in [3.63, 3.8) is 0 Å². The number of ether oxygens (including phenoxy) is 2. The normalized spacial score (nSPS) is 24.5. The predicted molar refractivity (Wildman–Crippen MR) is 299 cm³/mol. The van der Waals surface area contributed by atoms with Crippen molar-refractivity contribution >= 4 is 43.5 Å². The standard InChI is InChI=1S/C63H84O6Si2/c1-13-66-59(65)67-62(10,11)50(45-64)39-36-46(2)56-40-41-57-48(27-26-42-63(56,57)12)37-38-49-43-51(68-70(60(4,5)6,52-28-18-14-19-29-52)53-30-20-15-21-31-53)44-58(47(49)3)69-71(61(7,8)9,54-32-22-16-23-33-54)55-34-24-17-25-35-55/h14-25,28-39,46,50-51,56-58,64H,3,13,26-27,40-45H2,1-2,4-12H3/t46-,50?,51-,56-,57+,58+,63-/m1/s1. The van der Waals surface area contributed by atoms with Crippen LogP contribution in [0.4, 0.5) is 4.79 Å². The Labute approximate surface area is 429 Å². The van der Waals surface area contributed by atoms with Gasteiger partial charge in [0, 0.05) is 12.3 Å². The van der Waals surface area contributed by atoms with Gasteiger partial charge >= 0.3 is 6.16 Å². The maximum absolute atomic E-state index is 12.3. The molecular weight excluding hydrogens is 909 g/mol. The predicted octanol–water partition coefficient (Wildman–Crippen LogP) is 13.0. The van der Waals surface area contributed by atoms with Gasteiger partial charge in [-0.3, -0.25) is 0 Å². The molecule has 8 heteroatoms. The largest absolute Gasteiger partial charge is 0.508 e. The molecule has 4 aromatic rings. The summed E-state index contributed by atoms with van der Waals surface area (Å²) in [7, 11) is -5.94. The first kappa shape index (κ1) is 54.2. The van der Waals surface area contributed by atoms with Gasteiger partial charge in [0.15, 0.2) is 0 Å². The molecule has 0 spiro atoms. The number of hydrogen-bond donors (Lipinski definition) is 1. The first-order valence-corrected chi connectivity index (χ1v) is 30.3. The molecule has 0 aromatic heterocycles. The molecule has 0 heterocycles. The summed E-state index contributed by atoms with van der Waals surface area (Å²) < 4.78 is 26.9. The number of rotatable bonds is 16. The van der Waals surface area contributed by atoms with Crippen molar-refractivity contribution in [1.29, 1.82) is 0 Å². The molecule has 7 atom stereocenters. The Morgan fingerprint density at radius 3 is 1.70 bits per heavy atom. The molecule has 0 radical (unpaired) electrons. The summed E-state index contributed by atoms with van der Waals surface area (Å²) in [6, 6.07) is 44.1. The molecule has 3 fully saturated rings. The van der Waals surface area contributed by atoms with Crippen LogP contribution in [0.3, 0.4) is 0 Å². The van der Waals surface area contributed by atoms with Crippen LogP contribution < -0.4 is 20.7 Å². The Bertz CT molecular complexity index is 2410. The summed E-state index contributed by atoms with van der Waals surface area (Å²) in [5.74, 6) is 0.875. The number of carbonyl (C=O) groups excluding carboxylic acids is 1. The smallest absolute Gasteiger partial charge is 0.435 e. The fraction of sp³-hybridized carbons (Fsp3) is 0.476. The highest BCUT2D eigenvalue weighted by Gasteiger charge is 2.55. The number of carbonyl (C=O) groups is 1. The second-order valence-electron chi connectivity index (χ2n) is 23.6. The molecule has 3 saturated carbocycles. The lowest BCUT2D eigenvalue weighted by molar-refractivity contribution is -0.0454. The van der Waals surface area contributed by atoms with Gasteiger partial charge in [0.2, 0.25) is 0 Å². The first-order chi connectivity index (χ1) is 33.7. The summed E-state index contributed by atoms with van der Waals surface area (Å²) >= 11 is 0.